The van der Waals surface area contributed by atoms with Crippen LogP contribution in [0.3, 0.4) is 0 Å². The van der Waals surface area contributed by atoms with Crippen molar-refractivity contribution >= 4 is 23.2 Å². The molecule has 1 aromatic heterocycles. The van der Waals surface area contributed by atoms with E-state index in [1.54, 1.807) is 6.07 Å². The van der Waals surface area contributed by atoms with Gasteiger partial charge in [-0.3, -0.25) is 0 Å². The van der Waals surface area contributed by atoms with Crippen molar-refractivity contribution in [1.82, 2.24) is 9.78 Å². The Hall–Kier alpha value is -2.55. The molecule has 0 aliphatic heterocycles. The third-order valence-corrected chi connectivity index (χ3v) is 4.80. The summed E-state index contributed by atoms with van der Waals surface area (Å²) in [5.74, 6) is 0. The predicted molar refractivity (Wildman–Crippen MR) is 109 cm³/mol. The van der Waals surface area contributed by atoms with E-state index in [9.17, 15) is 0 Å². The first-order valence-corrected chi connectivity index (χ1v) is 9.05. The van der Waals surface area contributed by atoms with Crippen molar-refractivity contribution in [3.63, 3.8) is 0 Å². The maximum absolute atomic E-state index is 6.46. The highest BCUT2D eigenvalue weighted by Crippen LogP contribution is 2.32. The Balaban J connectivity index is 1.93. The number of aromatic nitrogens is 2. The first kappa shape index (κ1) is 16.9. The van der Waals surface area contributed by atoms with Gasteiger partial charge in [-0.1, -0.05) is 83.4 Å². The predicted octanol–water partition coefficient (Wildman–Crippen LogP) is 6.82. The monoisotopic (exact) mass is 378 g/mol. The molecule has 4 rings (SSSR count). The molecule has 0 spiro atoms. The van der Waals surface area contributed by atoms with Gasteiger partial charge in [-0.25, -0.2) is 4.68 Å². The molecule has 0 fully saturated rings. The number of nitrogens with zero attached hydrogens (tertiary/aromatic N) is 2. The average molecular weight is 379 g/mol. The van der Waals surface area contributed by atoms with Crippen molar-refractivity contribution < 1.29 is 0 Å². The summed E-state index contributed by atoms with van der Waals surface area (Å²) in [6.07, 6.45) is 0. The number of hydrogen-bond acceptors (Lipinski definition) is 1. The largest absolute Gasteiger partial charge is 0.231 e. The summed E-state index contributed by atoms with van der Waals surface area (Å²) in [6.45, 7) is 2.08. The van der Waals surface area contributed by atoms with Gasteiger partial charge in [0.05, 0.1) is 22.1 Å². The fourth-order valence-corrected chi connectivity index (χ4v) is 3.39. The Morgan fingerprint density at radius 2 is 1.50 bits per heavy atom. The number of aryl methyl sites for hydroxylation is 1. The molecular weight excluding hydrogens is 363 g/mol. The molecule has 0 saturated carbocycles. The van der Waals surface area contributed by atoms with Crippen LogP contribution in [0.25, 0.3) is 28.2 Å². The SMILES string of the molecule is Cc1ccc(-c2cc(-c3ccccc3)nn2-c2ccc(Cl)cc2Cl)cc1. The average Bonchev–Trinajstić information content (AvgIpc) is 3.08. The molecule has 0 amide bonds. The van der Waals surface area contributed by atoms with Gasteiger partial charge in [0, 0.05) is 16.1 Å². The minimum atomic E-state index is 0.563. The first-order valence-electron chi connectivity index (χ1n) is 8.30. The molecule has 1 heterocycles. The van der Waals surface area contributed by atoms with Crippen LogP contribution in [0.5, 0.6) is 0 Å². The molecule has 3 aromatic carbocycles. The lowest BCUT2D eigenvalue weighted by Crippen LogP contribution is -2.00. The Kier molecular flexibility index (Phi) is 4.54. The highest BCUT2D eigenvalue weighted by atomic mass is 35.5. The summed E-state index contributed by atoms with van der Waals surface area (Å²) in [5.41, 5.74) is 6.03. The van der Waals surface area contributed by atoms with Gasteiger partial charge in [0.2, 0.25) is 0 Å². The fourth-order valence-electron chi connectivity index (χ4n) is 2.90. The van der Waals surface area contributed by atoms with E-state index in [2.05, 4.69) is 49.4 Å². The summed E-state index contributed by atoms with van der Waals surface area (Å²) in [4.78, 5) is 0. The second kappa shape index (κ2) is 6.99. The molecule has 0 radical (unpaired) electrons. The molecular formula is C22H16Cl2N2. The summed E-state index contributed by atoms with van der Waals surface area (Å²) >= 11 is 12.5. The lowest BCUT2D eigenvalue weighted by molar-refractivity contribution is 0.892. The van der Waals surface area contributed by atoms with Crippen molar-refractivity contribution in [2.75, 3.05) is 0 Å². The molecule has 0 unspecified atom stereocenters. The molecule has 0 bridgehead atoms. The van der Waals surface area contributed by atoms with Gasteiger partial charge in [-0.15, -0.1) is 0 Å². The minimum absolute atomic E-state index is 0.563. The lowest BCUT2D eigenvalue weighted by Gasteiger charge is -2.10. The van der Waals surface area contributed by atoms with Crippen molar-refractivity contribution in [3.05, 3.63) is 94.5 Å². The second-order valence-electron chi connectivity index (χ2n) is 6.15. The van der Waals surface area contributed by atoms with E-state index in [0.29, 0.717) is 10.0 Å². The lowest BCUT2D eigenvalue weighted by atomic mass is 10.1. The second-order valence-corrected chi connectivity index (χ2v) is 7.00. The van der Waals surface area contributed by atoms with Crippen molar-refractivity contribution in [3.8, 4) is 28.2 Å². The van der Waals surface area contributed by atoms with Gasteiger partial charge in [0.15, 0.2) is 0 Å². The standard InChI is InChI=1S/C22H16Cl2N2/c1-15-7-9-17(10-8-15)22-14-20(16-5-3-2-4-6-16)25-26(22)21-12-11-18(23)13-19(21)24/h2-14H,1H3. The molecule has 2 nitrogen and oxygen atoms in total. The highest BCUT2D eigenvalue weighted by molar-refractivity contribution is 6.35. The highest BCUT2D eigenvalue weighted by Gasteiger charge is 2.15. The Morgan fingerprint density at radius 3 is 2.19 bits per heavy atom. The zero-order valence-electron chi connectivity index (χ0n) is 14.2. The van der Waals surface area contributed by atoms with Gasteiger partial charge in [-0.2, -0.15) is 5.10 Å². The van der Waals surface area contributed by atoms with Crippen LogP contribution >= 0.6 is 23.2 Å². The van der Waals surface area contributed by atoms with Gasteiger partial charge in [0.1, 0.15) is 0 Å². The Labute approximate surface area is 162 Å². The summed E-state index contributed by atoms with van der Waals surface area (Å²) in [5, 5.41) is 6.00. The van der Waals surface area contributed by atoms with E-state index in [1.807, 2.05) is 35.0 Å². The summed E-state index contributed by atoms with van der Waals surface area (Å²) in [7, 11) is 0. The molecule has 128 valence electrons. The molecule has 4 aromatic rings. The molecule has 0 aliphatic rings. The van der Waals surface area contributed by atoms with Crippen LogP contribution in [0, 0.1) is 6.92 Å². The van der Waals surface area contributed by atoms with E-state index < -0.39 is 0 Å². The fraction of sp³-hybridized carbons (Fsp3) is 0.0455. The topological polar surface area (TPSA) is 17.8 Å². The van der Waals surface area contributed by atoms with Crippen LogP contribution in [-0.2, 0) is 0 Å². The maximum atomic E-state index is 6.46. The maximum Gasteiger partial charge on any atom is 0.0934 e. The zero-order valence-corrected chi connectivity index (χ0v) is 15.7. The Bertz CT molecular complexity index is 1050. The van der Waals surface area contributed by atoms with E-state index in [0.717, 1.165) is 28.2 Å². The van der Waals surface area contributed by atoms with E-state index in [1.165, 1.54) is 5.56 Å². The molecule has 0 atom stereocenters. The molecule has 4 heteroatoms. The van der Waals surface area contributed by atoms with Crippen LogP contribution in [0.4, 0.5) is 0 Å². The van der Waals surface area contributed by atoms with Gasteiger partial charge in [0.25, 0.3) is 0 Å². The quantitative estimate of drug-likeness (QED) is 0.382. The number of rotatable bonds is 3. The van der Waals surface area contributed by atoms with E-state index in [-0.39, 0.29) is 0 Å². The summed E-state index contributed by atoms with van der Waals surface area (Å²) in [6, 6.07) is 26.0. The van der Waals surface area contributed by atoms with Gasteiger partial charge < -0.3 is 0 Å². The number of halogens is 2. The van der Waals surface area contributed by atoms with Gasteiger partial charge in [-0.05, 0) is 31.2 Å². The van der Waals surface area contributed by atoms with E-state index in [4.69, 9.17) is 28.3 Å². The van der Waals surface area contributed by atoms with Crippen LogP contribution in [-0.4, -0.2) is 9.78 Å². The smallest absolute Gasteiger partial charge is 0.0934 e. The molecule has 0 aliphatic carbocycles. The third-order valence-electron chi connectivity index (χ3n) is 4.26. The number of benzene rings is 3. The molecule has 26 heavy (non-hydrogen) atoms. The normalized spacial score (nSPS) is 10.9. The summed E-state index contributed by atoms with van der Waals surface area (Å²) < 4.78 is 1.88. The van der Waals surface area contributed by atoms with Crippen LogP contribution < -0.4 is 0 Å². The third kappa shape index (κ3) is 3.26. The van der Waals surface area contributed by atoms with E-state index >= 15 is 0 Å². The van der Waals surface area contributed by atoms with Crippen molar-refractivity contribution in [1.29, 1.82) is 0 Å². The number of hydrogen-bond donors (Lipinski definition) is 0. The molecule has 0 N–H and O–H groups in total. The Morgan fingerprint density at radius 1 is 0.769 bits per heavy atom. The van der Waals surface area contributed by atoms with Crippen LogP contribution in [0.1, 0.15) is 5.56 Å². The van der Waals surface area contributed by atoms with Crippen LogP contribution in [0.2, 0.25) is 10.0 Å². The first-order chi connectivity index (χ1) is 12.6. The van der Waals surface area contributed by atoms with Crippen LogP contribution in [0.15, 0.2) is 78.9 Å². The van der Waals surface area contributed by atoms with Crippen molar-refractivity contribution in [2.45, 2.75) is 6.92 Å². The zero-order chi connectivity index (χ0) is 18.1. The van der Waals surface area contributed by atoms with Crippen molar-refractivity contribution in [2.24, 2.45) is 0 Å². The minimum Gasteiger partial charge on any atom is -0.231 e. The molecule has 0 saturated heterocycles. The van der Waals surface area contributed by atoms with Gasteiger partial charge >= 0.3 is 0 Å².